The van der Waals surface area contributed by atoms with Crippen LogP contribution < -0.4 is 16.4 Å². The van der Waals surface area contributed by atoms with Crippen LogP contribution in [-0.4, -0.2) is 89.7 Å². The van der Waals surface area contributed by atoms with Crippen LogP contribution >= 0.6 is 0 Å². The molecular formula is C29H39N7O5. The highest BCUT2D eigenvalue weighted by Gasteiger charge is 2.31. The number of aliphatic imine (C=N–C) groups is 1. The highest BCUT2D eigenvalue weighted by Crippen LogP contribution is 2.24. The van der Waals surface area contributed by atoms with Gasteiger partial charge in [0.2, 0.25) is 23.7 Å². The first kappa shape index (κ1) is 28.4. The van der Waals surface area contributed by atoms with Crippen molar-refractivity contribution in [2.24, 2.45) is 16.6 Å². The van der Waals surface area contributed by atoms with E-state index >= 15 is 0 Å². The lowest BCUT2D eigenvalue weighted by Gasteiger charge is -2.30. The summed E-state index contributed by atoms with van der Waals surface area (Å²) in [6, 6.07) is 6.27. The number of carbonyl (C=O) groups is 4. The Kier molecular flexibility index (Phi) is 8.75. The summed E-state index contributed by atoms with van der Waals surface area (Å²) >= 11 is 0. The number of nitrogens with two attached hydrogens (primary N) is 1. The first-order valence-electron chi connectivity index (χ1n) is 14.5. The van der Waals surface area contributed by atoms with Crippen LogP contribution in [-0.2, 0) is 14.4 Å². The van der Waals surface area contributed by atoms with E-state index in [0.717, 1.165) is 55.5 Å². The van der Waals surface area contributed by atoms with Gasteiger partial charge in [-0.05, 0) is 76.1 Å². The van der Waals surface area contributed by atoms with Crippen molar-refractivity contribution in [3.8, 4) is 0 Å². The second-order valence-electron chi connectivity index (χ2n) is 11.2. The summed E-state index contributed by atoms with van der Waals surface area (Å²) in [6.45, 7) is 4.73. The number of primary amides is 1. The molecule has 1 aromatic heterocycles. The van der Waals surface area contributed by atoms with Gasteiger partial charge in [0.15, 0.2) is 0 Å². The fourth-order valence-electron chi connectivity index (χ4n) is 5.81. The van der Waals surface area contributed by atoms with Crippen LogP contribution in [0.5, 0.6) is 0 Å². The number of likely N-dealkylation sites (tertiary alicyclic amines) is 3. The molecule has 3 aliphatic heterocycles. The van der Waals surface area contributed by atoms with E-state index in [9.17, 15) is 19.2 Å². The number of benzene rings is 1. The third-order valence-electron chi connectivity index (χ3n) is 8.14. The number of nitrogens with zero attached hydrogens (tertiary/aromatic N) is 4. The molecule has 220 valence electrons. The molecule has 0 saturated carbocycles. The molecule has 0 aliphatic carbocycles. The number of furan rings is 1. The standard InChI is InChI=1S/C29H39N7O5/c1-19-16-21-17-22(7-8-24(21)41-19)31-29(33-26(38)20-9-14-35(15-10-20)28(30)40)32-23-6-2-3-13-36(27(23)39)18-25(37)34-11-4-5-12-34/h7-8,16-17,20,23H,2-6,9-15,18H2,1H3,(H2,30,40)(H2,31,32,33,38). The van der Waals surface area contributed by atoms with Crippen LogP contribution in [0.2, 0.25) is 0 Å². The number of fused-ring (bicyclic) bond motifs is 1. The normalized spacial score (nSPS) is 20.8. The average molecular weight is 566 g/mol. The van der Waals surface area contributed by atoms with Gasteiger partial charge in [0, 0.05) is 49.7 Å². The molecule has 5 amide bonds. The van der Waals surface area contributed by atoms with Crippen LogP contribution in [0, 0.1) is 12.8 Å². The average Bonchev–Trinajstić information content (AvgIpc) is 3.59. The number of hydrogen-bond donors (Lipinski definition) is 3. The van der Waals surface area contributed by atoms with Crippen LogP contribution in [0.15, 0.2) is 33.7 Å². The molecule has 1 unspecified atom stereocenters. The number of guanidine groups is 1. The van der Waals surface area contributed by atoms with Gasteiger partial charge < -0.3 is 30.2 Å². The van der Waals surface area contributed by atoms with Crippen molar-refractivity contribution in [3.05, 3.63) is 30.0 Å². The molecule has 0 radical (unpaired) electrons. The van der Waals surface area contributed by atoms with Crippen LogP contribution in [0.25, 0.3) is 11.0 Å². The minimum atomic E-state index is -0.733. The fourth-order valence-corrected chi connectivity index (χ4v) is 5.81. The third kappa shape index (κ3) is 6.98. The molecule has 12 nitrogen and oxygen atoms in total. The van der Waals surface area contributed by atoms with Crippen LogP contribution in [0.1, 0.15) is 50.7 Å². The fraction of sp³-hybridized carbons (Fsp3) is 0.552. The summed E-state index contributed by atoms with van der Waals surface area (Å²) in [6.07, 6.45) is 5.04. The summed E-state index contributed by atoms with van der Waals surface area (Å²) in [5, 5.41) is 7.03. The maximum Gasteiger partial charge on any atom is 0.314 e. The largest absolute Gasteiger partial charge is 0.461 e. The van der Waals surface area contributed by atoms with E-state index in [-0.39, 0.29) is 36.1 Å². The lowest BCUT2D eigenvalue weighted by Crippen LogP contribution is -2.48. The lowest BCUT2D eigenvalue weighted by atomic mass is 9.96. The molecule has 12 heteroatoms. The summed E-state index contributed by atoms with van der Waals surface area (Å²) in [4.78, 5) is 60.9. The van der Waals surface area contributed by atoms with Crippen molar-refractivity contribution >= 4 is 46.4 Å². The van der Waals surface area contributed by atoms with Gasteiger partial charge in [-0.15, -0.1) is 0 Å². The molecule has 3 saturated heterocycles. The Labute approximate surface area is 239 Å². The number of urea groups is 1. The Morgan fingerprint density at radius 1 is 0.976 bits per heavy atom. The zero-order valence-electron chi connectivity index (χ0n) is 23.6. The molecule has 5 rings (SSSR count). The van der Waals surface area contributed by atoms with E-state index in [1.54, 1.807) is 4.90 Å². The van der Waals surface area contributed by atoms with E-state index in [0.29, 0.717) is 44.6 Å². The van der Waals surface area contributed by atoms with E-state index in [1.807, 2.05) is 36.1 Å². The number of aryl methyl sites for hydroxylation is 1. The number of piperidine rings is 1. The van der Waals surface area contributed by atoms with E-state index < -0.39 is 12.1 Å². The van der Waals surface area contributed by atoms with Crippen molar-refractivity contribution in [2.45, 2.75) is 57.9 Å². The number of anilines is 1. The summed E-state index contributed by atoms with van der Waals surface area (Å²) in [5.41, 5.74) is 6.82. The molecule has 3 aliphatic rings. The Morgan fingerprint density at radius 3 is 2.44 bits per heavy atom. The van der Waals surface area contributed by atoms with E-state index in [2.05, 4.69) is 10.6 Å². The summed E-state index contributed by atoms with van der Waals surface area (Å²) in [7, 11) is 0. The molecule has 3 fully saturated rings. The highest BCUT2D eigenvalue weighted by molar-refractivity contribution is 6.06. The minimum absolute atomic E-state index is 0.0295. The summed E-state index contributed by atoms with van der Waals surface area (Å²) in [5.74, 6) is 0.170. The van der Waals surface area contributed by atoms with Gasteiger partial charge in [0.1, 0.15) is 17.4 Å². The molecule has 1 aromatic carbocycles. The topological polar surface area (TPSA) is 154 Å². The number of rotatable bonds is 5. The zero-order chi connectivity index (χ0) is 28.9. The van der Waals surface area contributed by atoms with E-state index in [1.165, 1.54) is 4.90 Å². The lowest BCUT2D eigenvalue weighted by molar-refractivity contribution is -0.140. The molecular weight excluding hydrogens is 526 g/mol. The minimum Gasteiger partial charge on any atom is -0.461 e. The van der Waals surface area contributed by atoms with Crippen molar-refractivity contribution < 1.29 is 23.6 Å². The third-order valence-corrected chi connectivity index (χ3v) is 8.14. The predicted molar refractivity (Wildman–Crippen MR) is 154 cm³/mol. The Hall–Kier alpha value is -4.09. The zero-order valence-corrected chi connectivity index (χ0v) is 23.6. The maximum absolute atomic E-state index is 13.6. The predicted octanol–water partition coefficient (Wildman–Crippen LogP) is 2.42. The first-order valence-corrected chi connectivity index (χ1v) is 14.5. The molecule has 2 aromatic rings. The van der Waals surface area contributed by atoms with Crippen molar-refractivity contribution in [1.29, 1.82) is 0 Å². The number of nitrogens with one attached hydrogen (secondary N) is 2. The molecule has 1 atom stereocenters. The van der Waals surface area contributed by atoms with Gasteiger partial charge in [-0.2, -0.15) is 0 Å². The SMILES string of the molecule is Cc1cc2cc(NC(=NC3CCCCN(CC(=O)N4CCCC4)C3=O)NC(=O)C3CCN(C(N)=O)CC3)ccc2o1. The molecule has 4 N–H and O–H groups in total. The Balaban J connectivity index is 1.35. The molecule has 4 heterocycles. The second kappa shape index (κ2) is 12.6. The molecule has 0 bridgehead atoms. The van der Waals surface area contributed by atoms with Crippen LogP contribution in [0.4, 0.5) is 10.5 Å². The van der Waals surface area contributed by atoms with Crippen molar-refractivity contribution in [1.82, 2.24) is 20.0 Å². The quantitative estimate of drug-likeness (QED) is 0.374. The van der Waals surface area contributed by atoms with E-state index in [4.69, 9.17) is 15.1 Å². The van der Waals surface area contributed by atoms with Gasteiger partial charge in [0.25, 0.3) is 0 Å². The van der Waals surface area contributed by atoms with Gasteiger partial charge in [-0.3, -0.25) is 19.7 Å². The highest BCUT2D eigenvalue weighted by atomic mass is 16.3. The van der Waals surface area contributed by atoms with Gasteiger partial charge >= 0.3 is 6.03 Å². The van der Waals surface area contributed by atoms with Gasteiger partial charge in [0.05, 0.1) is 6.54 Å². The molecule has 41 heavy (non-hydrogen) atoms. The number of amides is 5. The summed E-state index contributed by atoms with van der Waals surface area (Å²) < 4.78 is 5.68. The number of carbonyl (C=O) groups excluding carboxylic acids is 4. The van der Waals surface area contributed by atoms with Gasteiger partial charge in [-0.25, -0.2) is 9.79 Å². The van der Waals surface area contributed by atoms with Crippen LogP contribution in [0.3, 0.4) is 0 Å². The second-order valence-corrected chi connectivity index (χ2v) is 11.2. The number of hydrogen-bond acceptors (Lipinski definition) is 6. The Morgan fingerprint density at radius 2 is 1.71 bits per heavy atom. The first-order chi connectivity index (χ1) is 19.8. The smallest absolute Gasteiger partial charge is 0.314 e. The monoisotopic (exact) mass is 565 g/mol. The van der Waals surface area contributed by atoms with Crippen molar-refractivity contribution in [3.63, 3.8) is 0 Å². The van der Waals surface area contributed by atoms with Gasteiger partial charge in [-0.1, -0.05) is 0 Å². The van der Waals surface area contributed by atoms with Crippen molar-refractivity contribution in [2.75, 3.05) is 44.6 Å². The molecule has 0 spiro atoms. The maximum atomic E-state index is 13.6. The Bertz CT molecular complexity index is 1320.